The van der Waals surface area contributed by atoms with Crippen LogP contribution in [0, 0.1) is 18.8 Å². The number of fused-ring (bicyclic) bond motifs is 1. The van der Waals surface area contributed by atoms with Gasteiger partial charge in [-0.2, -0.15) is 0 Å². The number of carbonyl (C=O) groups is 3. The van der Waals surface area contributed by atoms with Crippen LogP contribution >= 0.6 is 31.9 Å². The molecular weight excluding hydrogens is 440 g/mol. The number of likely N-dealkylation sites (tertiary alicyclic amines) is 1. The number of nitrogens with one attached hydrogen (secondary N) is 1. The van der Waals surface area contributed by atoms with E-state index in [1.807, 2.05) is 25.1 Å². The van der Waals surface area contributed by atoms with E-state index in [9.17, 15) is 14.4 Å². The van der Waals surface area contributed by atoms with E-state index in [-0.39, 0.29) is 45.8 Å². The van der Waals surface area contributed by atoms with E-state index < -0.39 is 0 Å². The zero-order chi connectivity index (χ0) is 17.4. The minimum Gasteiger partial charge on any atom is -0.325 e. The highest BCUT2D eigenvalue weighted by atomic mass is 79.9. The van der Waals surface area contributed by atoms with Crippen molar-refractivity contribution < 1.29 is 14.4 Å². The first-order valence-electron chi connectivity index (χ1n) is 7.86. The first kappa shape index (κ1) is 17.6. The SMILES string of the molecule is Cc1cccc(NC(=O)CN2C(=O)[C@@H]3C[C@H](Br)[C@@H](Br)C[C@H]3C2=O)c1. The number of benzene rings is 1. The summed E-state index contributed by atoms with van der Waals surface area (Å²) in [6, 6.07) is 7.40. The van der Waals surface area contributed by atoms with Crippen LogP contribution in [0.3, 0.4) is 0 Å². The van der Waals surface area contributed by atoms with Gasteiger partial charge in [-0.1, -0.05) is 44.0 Å². The molecule has 0 unspecified atom stereocenters. The smallest absolute Gasteiger partial charge is 0.244 e. The van der Waals surface area contributed by atoms with Gasteiger partial charge >= 0.3 is 0 Å². The molecule has 1 heterocycles. The van der Waals surface area contributed by atoms with Crippen molar-refractivity contribution in [2.75, 3.05) is 11.9 Å². The molecule has 0 bridgehead atoms. The fraction of sp³-hybridized carbons (Fsp3) is 0.471. The molecule has 3 rings (SSSR count). The Balaban J connectivity index is 1.68. The van der Waals surface area contributed by atoms with Gasteiger partial charge in [-0.05, 0) is 37.5 Å². The van der Waals surface area contributed by atoms with Gasteiger partial charge in [-0.15, -0.1) is 0 Å². The van der Waals surface area contributed by atoms with Gasteiger partial charge in [0.1, 0.15) is 6.54 Å². The van der Waals surface area contributed by atoms with Crippen LogP contribution in [0.5, 0.6) is 0 Å². The Bertz CT molecular complexity index is 666. The molecule has 1 aliphatic carbocycles. The van der Waals surface area contributed by atoms with E-state index in [0.29, 0.717) is 18.5 Å². The Labute approximate surface area is 157 Å². The number of nitrogens with zero attached hydrogens (tertiary/aromatic N) is 1. The average molecular weight is 458 g/mol. The lowest BCUT2D eigenvalue weighted by Gasteiger charge is -2.29. The maximum Gasteiger partial charge on any atom is 0.244 e. The van der Waals surface area contributed by atoms with Crippen LogP contribution in [-0.2, 0) is 14.4 Å². The largest absolute Gasteiger partial charge is 0.325 e. The Hall–Kier alpha value is -1.21. The Kier molecular flexibility index (Phi) is 5.11. The van der Waals surface area contributed by atoms with Gasteiger partial charge in [-0.3, -0.25) is 19.3 Å². The summed E-state index contributed by atoms with van der Waals surface area (Å²) >= 11 is 7.10. The molecule has 7 heteroatoms. The molecule has 24 heavy (non-hydrogen) atoms. The number of rotatable bonds is 3. The highest BCUT2D eigenvalue weighted by Gasteiger charge is 2.52. The third-order valence-corrected chi connectivity index (χ3v) is 7.34. The number of anilines is 1. The molecule has 1 saturated heterocycles. The summed E-state index contributed by atoms with van der Waals surface area (Å²) in [6.07, 6.45) is 1.22. The Morgan fingerprint density at radius 1 is 1.17 bits per heavy atom. The Morgan fingerprint density at radius 3 is 2.29 bits per heavy atom. The third kappa shape index (κ3) is 3.42. The molecule has 5 nitrogen and oxygen atoms in total. The second-order valence-corrected chi connectivity index (χ2v) is 8.75. The number of alkyl halides is 2. The molecule has 0 radical (unpaired) electrons. The average Bonchev–Trinajstić information content (AvgIpc) is 2.73. The van der Waals surface area contributed by atoms with Crippen molar-refractivity contribution in [3.05, 3.63) is 29.8 Å². The van der Waals surface area contributed by atoms with E-state index in [2.05, 4.69) is 37.2 Å². The van der Waals surface area contributed by atoms with Crippen LogP contribution in [-0.4, -0.2) is 38.8 Å². The molecule has 1 saturated carbocycles. The zero-order valence-corrected chi connectivity index (χ0v) is 16.3. The number of hydrogen-bond donors (Lipinski definition) is 1. The van der Waals surface area contributed by atoms with Gasteiger partial charge in [0.15, 0.2) is 0 Å². The molecule has 1 aromatic carbocycles. The Morgan fingerprint density at radius 2 is 1.75 bits per heavy atom. The summed E-state index contributed by atoms with van der Waals surface area (Å²) in [5, 5.41) is 2.75. The van der Waals surface area contributed by atoms with Crippen molar-refractivity contribution in [1.29, 1.82) is 0 Å². The second kappa shape index (κ2) is 6.96. The van der Waals surface area contributed by atoms with E-state index in [1.165, 1.54) is 0 Å². The summed E-state index contributed by atoms with van der Waals surface area (Å²) in [6.45, 7) is 1.71. The summed E-state index contributed by atoms with van der Waals surface area (Å²) < 4.78 is 0. The van der Waals surface area contributed by atoms with Crippen LogP contribution in [0.4, 0.5) is 5.69 Å². The monoisotopic (exact) mass is 456 g/mol. The van der Waals surface area contributed by atoms with Gasteiger partial charge in [-0.25, -0.2) is 0 Å². The highest BCUT2D eigenvalue weighted by molar-refractivity contribution is 9.12. The molecule has 1 N–H and O–H groups in total. The fourth-order valence-corrected chi connectivity index (χ4v) is 4.62. The maximum absolute atomic E-state index is 12.5. The minimum absolute atomic E-state index is 0.163. The lowest BCUT2D eigenvalue weighted by molar-refractivity contribution is -0.142. The first-order chi connectivity index (χ1) is 11.4. The van der Waals surface area contributed by atoms with Crippen LogP contribution in [0.2, 0.25) is 0 Å². The van der Waals surface area contributed by atoms with Gasteiger partial charge < -0.3 is 5.32 Å². The predicted molar refractivity (Wildman–Crippen MR) is 98.2 cm³/mol. The molecule has 1 aliphatic heterocycles. The van der Waals surface area contributed by atoms with Gasteiger partial charge in [0, 0.05) is 15.3 Å². The summed E-state index contributed by atoms with van der Waals surface area (Å²) in [7, 11) is 0. The fourth-order valence-electron chi connectivity index (χ4n) is 3.39. The van der Waals surface area contributed by atoms with Crippen LogP contribution in [0.1, 0.15) is 18.4 Å². The molecule has 0 spiro atoms. The van der Waals surface area contributed by atoms with Gasteiger partial charge in [0.25, 0.3) is 0 Å². The summed E-state index contributed by atoms with van der Waals surface area (Å²) in [4.78, 5) is 38.7. The van der Waals surface area contributed by atoms with E-state index in [0.717, 1.165) is 10.5 Å². The molecule has 1 aromatic rings. The number of carbonyl (C=O) groups excluding carboxylic acids is 3. The standard InChI is InChI=1S/C17H18Br2N2O3/c1-9-3-2-4-10(5-9)20-15(22)8-21-16(23)11-6-13(18)14(19)7-12(11)17(21)24/h2-5,11-14H,6-8H2,1H3,(H,20,22)/t11-,12-,13+,14+/m1/s1. The third-order valence-electron chi connectivity index (χ3n) is 4.61. The van der Waals surface area contributed by atoms with E-state index >= 15 is 0 Å². The number of hydrogen-bond acceptors (Lipinski definition) is 3. The second-order valence-electron chi connectivity index (χ2n) is 6.40. The zero-order valence-electron chi connectivity index (χ0n) is 13.2. The summed E-state index contributed by atoms with van der Waals surface area (Å²) in [5.41, 5.74) is 1.69. The maximum atomic E-state index is 12.5. The topological polar surface area (TPSA) is 66.5 Å². The number of aryl methyl sites for hydroxylation is 1. The molecule has 2 fully saturated rings. The van der Waals surface area contributed by atoms with Crippen molar-refractivity contribution in [1.82, 2.24) is 4.90 Å². The molecule has 4 atom stereocenters. The number of halogens is 2. The highest BCUT2D eigenvalue weighted by Crippen LogP contribution is 2.43. The van der Waals surface area contributed by atoms with E-state index in [4.69, 9.17) is 0 Å². The summed E-state index contributed by atoms with van der Waals surface area (Å²) in [5.74, 6) is -1.45. The van der Waals surface area contributed by atoms with Crippen molar-refractivity contribution in [2.24, 2.45) is 11.8 Å². The molecule has 0 aromatic heterocycles. The van der Waals surface area contributed by atoms with E-state index in [1.54, 1.807) is 6.07 Å². The van der Waals surface area contributed by atoms with Crippen molar-refractivity contribution >= 4 is 55.3 Å². The van der Waals surface area contributed by atoms with Crippen molar-refractivity contribution in [2.45, 2.75) is 29.4 Å². The van der Waals surface area contributed by atoms with Gasteiger partial charge in [0.05, 0.1) is 11.8 Å². The van der Waals surface area contributed by atoms with Crippen molar-refractivity contribution in [3.8, 4) is 0 Å². The number of amides is 3. The quantitative estimate of drug-likeness (QED) is 0.560. The van der Waals surface area contributed by atoms with Crippen LogP contribution in [0.25, 0.3) is 0 Å². The molecule has 2 aliphatic rings. The lowest BCUT2D eigenvalue weighted by atomic mass is 9.81. The molecular formula is C17H18Br2N2O3. The normalized spacial score (nSPS) is 29.5. The van der Waals surface area contributed by atoms with Crippen molar-refractivity contribution in [3.63, 3.8) is 0 Å². The lowest BCUT2D eigenvalue weighted by Crippen LogP contribution is -2.38. The minimum atomic E-state index is -0.355. The first-order valence-corrected chi connectivity index (χ1v) is 9.70. The van der Waals surface area contributed by atoms with Gasteiger partial charge in [0.2, 0.25) is 17.7 Å². The van der Waals surface area contributed by atoms with Crippen LogP contribution < -0.4 is 5.32 Å². The predicted octanol–water partition coefficient (Wildman–Crippen LogP) is 2.86. The van der Waals surface area contributed by atoms with Crippen LogP contribution in [0.15, 0.2) is 24.3 Å². The molecule has 3 amide bonds. The number of imide groups is 1. The molecule has 128 valence electrons.